The molecule has 3 rings (SSSR count). The molecule has 0 bridgehead atoms. The van der Waals surface area contributed by atoms with Gasteiger partial charge in [0.25, 0.3) is 17.4 Å². The third-order valence-electron chi connectivity index (χ3n) is 5.89. The number of amides is 2. The highest BCUT2D eigenvalue weighted by Crippen LogP contribution is 2.37. The summed E-state index contributed by atoms with van der Waals surface area (Å²) in [7, 11) is 0. The van der Waals surface area contributed by atoms with Crippen molar-refractivity contribution in [2.45, 2.75) is 62.7 Å². The number of carbonyl (C=O) groups excluding carboxylic acids is 2. The number of aryl methyl sites for hydroxylation is 1. The zero-order chi connectivity index (χ0) is 24.4. The normalized spacial score (nSPS) is 18.8. The molecule has 1 aromatic heterocycles. The molecule has 6 nitrogen and oxygen atoms in total. The number of carbonyl (C=O) groups is 2. The van der Waals surface area contributed by atoms with Gasteiger partial charge in [-0.15, -0.1) is 0 Å². The van der Waals surface area contributed by atoms with E-state index in [0.717, 1.165) is 11.0 Å². The van der Waals surface area contributed by atoms with Gasteiger partial charge in [0.1, 0.15) is 12.1 Å². The van der Waals surface area contributed by atoms with E-state index in [2.05, 4.69) is 15.3 Å². The highest BCUT2D eigenvalue weighted by molar-refractivity contribution is 6.32. The van der Waals surface area contributed by atoms with Crippen molar-refractivity contribution >= 4 is 29.1 Å². The van der Waals surface area contributed by atoms with Gasteiger partial charge in [-0.1, -0.05) is 17.7 Å². The van der Waals surface area contributed by atoms with Crippen molar-refractivity contribution in [3.05, 3.63) is 53.9 Å². The Bertz CT molecular complexity index is 1010. The van der Waals surface area contributed by atoms with Gasteiger partial charge < -0.3 is 5.32 Å². The standard InChI is InChI=1S/C22H23ClF4N4O2/c1-13-3-4-16(9-17(13)24)31(19(32)18(23)25)21(2,14-10-28-12-29-11-14)20(33)30-15-5-7-22(26,27)8-6-15/h3-4,9-12,15,18H,5-8H2,1-2H3,(H,30,33)/t18-,21-/m0/s1. The highest BCUT2D eigenvalue weighted by Gasteiger charge is 2.48. The second kappa shape index (κ2) is 9.62. The van der Waals surface area contributed by atoms with Crippen molar-refractivity contribution < 1.29 is 27.2 Å². The van der Waals surface area contributed by atoms with Crippen LogP contribution in [-0.2, 0) is 15.1 Å². The Morgan fingerprint density at radius 2 is 1.85 bits per heavy atom. The lowest BCUT2D eigenvalue weighted by molar-refractivity contribution is -0.132. The first-order chi connectivity index (χ1) is 15.5. The average Bonchev–Trinajstić information content (AvgIpc) is 2.78. The first-order valence-electron chi connectivity index (χ1n) is 10.3. The number of rotatable bonds is 6. The summed E-state index contributed by atoms with van der Waals surface area (Å²) in [6.07, 6.45) is 2.96. The molecule has 11 heteroatoms. The zero-order valence-corrected chi connectivity index (χ0v) is 18.8. The van der Waals surface area contributed by atoms with Crippen LogP contribution in [-0.4, -0.2) is 39.4 Å². The molecule has 2 amide bonds. The lowest BCUT2D eigenvalue weighted by Gasteiger charge is -2.41. The van der Waals surface area contributed by atoms with Crippen molar-refractivity contribution in [3.8, 4) is 0 Å². The maximum atomic E-state index is 14.4. The van der Waals surface area contributed by atoms with Crippen LogP contribution in [0.3, 0.4) is 0 Å². The molecule has 1 aliphatic rings. The molecule has 0 spiro atoms. The Morgan fingerprint density at radius 3 is 2.39 bits per heavy atom. The second-order valence-electron chi connectivity index (χ2n) is 8.21. The largest absolute Gasteiger partial charge is 0.351 e. The molecule has 0 radical (unpaired) electrons. The molecule has 1 fully saturated rings. The predicted molar refractivity (Wildman–Crippen MR) is 114 cm³/mol. The lowest BCUT2D eigenvalue weighted by atomic mass is 9.87. The molecule has 1 aliphatic carbocycles. The molecule has 33 heavy (non-hydrogen) atoms. The summed E-state index contributed by atoms with van der Waals surface area (Å²) < 4.78 is 55.6. The van der Waals surface area contributed by atoms with Crippen LogP contribution in [0.1, 0.15) is 43.7 Å². The number of hydrogen-bond donors (Lipinski definition) is 1. The van der Waals surface area contributed by atoms with E-state index >= 15 is 0 Å². The number of nitrogens with one attached hydrogen (secondary N) is 1. The molecule has 0 aliphatic heterocycles. The summed E-state index contributed by atoms with van der Waals surface area (Å²) in [5.74, 6) is -5.59. The Morgan fingerprint density at radius 1 is 1.24 bits per heavy atom. The topological polar surface area (TPSA) is 75.2 Å². The quantitative estimate of drug-likeness (QED) is 0.485. The van der Waals surface area contributed by atoms with Gasteiger partial charge in [0.05, 0.1) is 0 Å². The van der Waals surface area contributed by atoms with Gasteiger partial charge in [-0.3, -0.25) is 14.5 Å². The van der Waals surface area contributed by atoms with Gasteiger partial charge >= 0.3 is 0 Å². The van der Waals surface area contributed by atoms with Gasteiger partial charge in [-0.25, -0.2) is 27.5 Å². The lowest BCUT2D eigenvalue weighted by Crippen LogP contribution is -2.60. The SMILES string of the molecule is Cc1ccc(N(C(=O)[C@H](F)Cl)[C@](C)(C(=O)NC2CCC(F)(F)CC2)c2cncnc2)cc1F. The maximum Gasteiger partial charge on any atom is 0.278 e. The highest BCUT2D eigenvalue weighted by atomic mass is 35.5. The van der Waals surface area contributed by atoms with Gasteiger partial charge in [-0.05, 0) is 44.4 Å². The minimum atomic E-state index is -2.81. The number of halogens is 5. The van der Waals surface area contributed by atoms with Gasteiger partial charge in [0.15, 0.2) is 5.54 Å². The van der Waals surface area contributed by atoms with Crippen LogP contribution in [0.5, 0.6) is 0 Å². The number of benzene rings is 1. The van der Waals surface area contributed by atoms with E-state index in [9.17, 15) is 27.2 Å². The Kier molecular flexibility index (Phi) is 7.26. The van der Waals surface area contributed by atoms with E-state index < -0.39 is 53.6 Å². The minimum absolute atomic E-state index is 0.0223. The van der Waals surface area contributed by atoms with Gasteiger partial charge in [0.2, 0.25) is 5.92 Å². The molecule has 1 N–H and O–H groups in total. The van der Waals surface area contributed by atoms with Crippen molar-refractivity contribution in [1.29, 1.82) is 0 Å². The van der Waals surface area contributed by atoms with Crippen LogP contribution in [0.4, 0.5) is 23.2 Å². The van der Waals surface area contributed by atoms with E-state index in [1.54, 1.807) is 0 Å². The van der Waals surface area contributed by atoms with E-state index in [1.165, 1.54) is 44.7 Å². The third kappa shape index (κ3) is 5.26. The van der Waals surface area contributed by atoms with Crippen LogP contribution in [0.15, 0.2) is 36.9 Å². The Balaban J connectivity index is 2.08. The second-order valence-corrected chi connectivity index (χ2v) is 8.59. The first-order valence-corrected chi connectivity index (χ1v) is 10.7. The van der Waals surface area contributed by atoms with E-state index in [0.29, 0.717) is 0 Å². The Labute approximate surface area is 193 Å². The van der Waals surface area contributed by atoms with Crippen LogP contribution < -0.4 is 10.2 Å². The third-order valence-corrected chi connectivity index (χ3v) is 6.07. The molecule has 1 aromatic carbocycles. The summed E-state index contributed by atoms with van der Waals surface area (Å²) in [6.45, 7) is 2.81. The van der Waals surface area contributed by atoms with Crippen molar-refractivity contribution in [3.63, 3.8) is 0 Å². The number of aromatic nitrogens is 2. The van der Waals surface area contributed by atoms with Crippen LogP contribution in [0, 0.1) is 12.7 Å². The summed E-state index contributed by atoms with van der Waals surface area (Å²) >= 11 is 5.47. The molecule has 178 valence electrons. The molecule has 1 heterocycles. The fourth-order valence-corrected chi connectivity index (χ4v) is 3.94. The molecular weight excluding hydrogens is 464 g/mol. The van der Waals surface area contributed by atoms with E-state index in [-0.39, 0.29) is 29.7 Å². The average molecular weight is 487 g/mol. The van der Waals surface area contributed by atoms with Crippen LogP contribution in [0.2, 0.25) is 0 Å². The van der Waals surface area contributed by atoms with Gasteiger partial charge in [-0.2, -0.15) is 0 Å². The van der Waals surface area contributed by atoms with Crippen molar-refractivity contribution in [2.24, 2.45) is 0 Å². The molecule has 1 saturated carbocycles. The molecule has 0 saturated heterocycles. The Hall–Kier alpha value is -2.75. The van der Waals surface area contributed by atoms with E-state index in [1.807, 2.05) is 0 Å². The first kappa shape index (κ1) is 24.9. The summed E-state index contributed by atoms with van der Waals surface area (Å²) in [4.78, 5) is 35.0. The smallest absolute Gasteiger partial charge is 0.278 e. The molecular formula is C22H23ClF4N4O2. The number of anilines is 1. The van der Waals surface area contributed by atoms with Crippen LogP contribution in [0.25, 0.3) is 0 Å². The fourth-order valence-electron chi connectivity index (χ4n) is 3.85. The van der Waals surface area contributed by atoms with E-state index in [4.69, 9.17) is 11.6 Å². The summed E-state index contributed by atoms with van der Waals surface area (Å²) in [6, 6.07) is 3.12. The number of alkyl halides is 4. The maximum absolute atomic E-state index is 14.4. The molecule has 0 unspecified atom stereocenters. The number of nitrogens with zero attached hydrogens (tertiary/aromatic N) is 3. The predicted octanol–water partition coefficient (Wildman–Crippen LogP) is 4.40. The molecule has 2 atom stereocenters. The summed E-state index contributed by atoms with van der Waals surface area (Å²) in [5, 5.41) is 2.68. The molecule has 2 aromatic rings. The zero-order valence-electron chi connectivity index (χ0n) is 18.0. The van der Waals surface area contributed by atoms with Crippen LogP contribution >= 0.6 is 11.6 Å². The minimum Gasteiger partial charge on any atom is -0.351 e. The summed E-state index contributed by atoms with van der Waals surface area (Å²) in [5.41, 5.74) is -4.27. The van der Waals surface area contributed by atoms with Gasteiger partial charge in [0, 0.05) is 42.5 Å². The number of hydrogen-bond acceptors (Lipinski definition) is 4. The van der Waals surface area contributed by atoms with Crippen molar-refractivity contribution in [2.75, 3.05) is 4.90 Å². The van der Waals surface area contributed by atoms with Crippen molar-refractivity contribution in [1.82, 2.24) is 15.3 Å². The monoisotopic (exact) mass is 486 g/mol. The fraction of sp³-hybridized carbons (Fsp3) is 0.455.